The molecule has 0 aromatic rings. The van der Waals surface area contributed by atoms with Crippen LogP contribution in [0.3, 0.4) is 0 Å². The Kier molecular flexibility index (Phi) is 4.30. The first-order valence-corrected chi connectivity index (χ1v) is 6.07. The molecule has 0 saturated carbocycles. The molecule has 1 fully saturated rings. The van der Waals surface area contributed by atoms with Gasteiger partial charge in [0.25, 0.3) is 0 Å². The van der Waals surface area contributed by atoms with Gasteiger partial charge in [-0.1, -0.05) is 20.8 Å². The molecule has 0 radical (unpaired) electrons. The van der Waals surface area contributed by atoms with Gasteiger partial charge in [-0.25, -0.2) is 0 Å². The van der Waals surface area contributed by atoms with Gasteiger partial charge >= 0.3 is 6.18 Å². The average Bonchev–Trinajstić information content (AvgIpc) is 2.25. The van der Waals surface area contributed by atoms with E-state index in [4.69, 9.17) is 5.11 Å². The number of carbonyl (C=O) groups is 1. The van der Waals surface area contributed by atoms with E-state index < -0.39 is 23.6 Å². The van der Waals surface area contributed by atoms with Gasteiger partial charge in [0.15, 0.2) is 6.10 Å². The summed E-state index contributed by atoms with van der Waals surface area (Å²) >= 11 is 0. The lowest BCUT2D eigenvalue weighted by molar-refractivity contribution is -0.223. The minimum Gasteiger partial charge on any atom is -0.383 e. The largest absolute Gasteiger partial charge is 0.414 e. The van der Waals surface area contributed by atoms with Crippen molar-refractivity contribution in [2.75, 3.05) is 13.1 Å². The van der Waals surface area contributed by atoms with E-state index in [2.05, 4.69) is 0 Å². The van der Waals surface area contributed by atoms with Crippen LogP contribution >= 0.6 is 0 Å². The van der Waals surface area contributed by atoms with Gasteiger partial charge in [0, 0.05) is 18.5 Å². The highest BCUT2D eigenvalue weighted by atomic mass is 19.4. The molecule has 18 heavy (non-hydrogen) atoms. The molecule has 1 atom stereocenters. The fraction of sp³-hybridized carbons (Fsp3) is 0.917. The lowest BCUT2D eigenvalue weighted by atomic mass is 9.88. The van der Waals surface area contributed by atoms with Gasteiger partial charge in [-0.05, 0) is 18.8 Å². The third kappa shape index (κ3) is 3.60. The molecule has 0 aromatic heterocycles. The lowest BCUT2D eigenvalue weighted by Crippen LogP contribution is -2.48. The van der Waals surface area contributed by atoms with E-state index >= 15 is 0 Å². The highest BCUT2D eigenvalue weighted by molar-refractivity contribution is 5.81. The van der Waals surface area contributed by atoms with E-state index in [1.807, 2.05) is 0 Å². The summed E-state index contributed by atoms with van der Waals surface area (Å²) in [7, 11) is 0. The van der Waals surface area contributed by atoms with Crippen LogP contribution in [0.4, 0.5) is 13.2 Å². The fourth-order valence-corrected chi connectivity index (χ4v) is 2.16. The molecule has 1 amide bonds. The van der Waals surface area contributed by atoms with E-state index in [0.29, 0.717) is 0 Å². The fourth-order valence-electron chi connectivity index (χ4n) is 2.16. The Morgan fingerprint density at radius 1 is 1.22 bits per heavy atom. The molecule has 0 spiro atoms. The zero-order valence-electron chi connectivity index (χ0n) is 10.9. The Hall–Kier alpha value is -0.780. The SMILES string of the molecule is CC(C)(C)C(=O)N1CCC(C(O)C(F)(F)F)CC1. The van der Waals surface area contributed by atoms with E-state index in [1.165, 1.54) is 0 Å². The van der Waals surface area contributed by atoms with Crippen LogP contribution < -0.4 is 0 Å². The van der Waals surface area contributed by atoms with Crippen molar-refractivity contribution < 1.29 is 23.1 Å². The molecule has 3 nitrogen and oxygen atoms in total. The van der Waals surface area contributed by atoms with Gasteiger partial charge in [0.1, 0.15) is 0 Å². The number of likely N-dealkylation sites (tertiary alicyclic amines) is 1. The first-order valence-electron chi connectivity index (χ1n) is 6.07. The third-order valence-corrected chi connectivity index (χ3v) is 3.25. The van der Waals surface area contributed by atoms with Crippen molar-refractivity contribution in [1.29, 1.82) is 0 Å². The van der Waals surface area contributed by atoms with Crippen LogP contribution in [-0.2, 0) is 4.79 Å². The van der Waals surface area contributed by atoms with Crippen molar-refractivity contribution >= 4 is 5.91 Å². The van der Waals surface area contributed by atoms with Crippen molar-refractivity contribution in [3.63, 3.8) is 0 Å². The van der Waals surface area contributed by atoms with Crippen LogP contribution in [0.2, 0.25) is 0 Å². The zero-order valence-corrected chi connectivity index (χ0v) is 10.9. The topological polar surface area (TPSA) is 40.5 Å². The Balaban J connectivity index is 2.54. The minimum atomic E-state index is -4.57. The Morgan fingerprint density at radius 2 is 1.67 bits per heavy atom. The van der Waals surface area contributed by atoms with Crippen molar-refractivity contribution in [3.05, 3.63) is 0 Å². The van der Waals surface area contributed by atoms with Gasteiger partial charge in [0.2, 0.25) is 5.91 Å². The molecule has 106 valence electrons. The minimum absolute atomic E-state index is 0.0533. The monoisotopic (exact) mass is 267 g/mol. The van der Waals surface area contributed by atoms with E-state index in [0.717, 1.165) is 0 Å². The molecule has 1 N–H and O–H groups in total. The van der Waals surface area contributed by atoms with Crippen LogP contribution in [-0.4, -0.2) is 41.3 Å². The Bertz CT molecular complexity index is 301. The summed E-state index contributed by atoms with van der Waals surface area (Å²) < 4.78 is 37.0. The summed E-state index contributed by atoms with van der Waals surface area (Å²) in [5.74, 6) is -0.850. The van der Waals surface area contributed by atoms with Crippen molar-refractivity contribution in [3.8, 4) is 0 Å². The number of amides is 1. The predicted octanol–water partition coefficient (Wildman–Crippen LogP) is 2.19. The first kappa shape index (κ1) is 15.3. The van der Waals surface area contributed by atoms with E-state index in [9.17, 15) is 18.0 Å². The van der Waals surface area contributed by atoms with Crippen molar-refractivity contribution in [2.24, 2.45) is 11.3 Å². The smallest absolute Gasteiger partial charge is 0.383 e. The number of halogens is 3. The van der Waals surface area contributed by atoms with E-state index in [-0.39, 0.29) is 31.8 Å². The lowest BCUT2D eigenvalue weighted by Gasteiger charge is -2.37. The van der Waals surface area contributed by atoms with Crippen molar-refractivity contribution in [1.82, 2.24) is 4.90 Å². The van der Waals surface area contributed by atoms with Gasteiger partial charge in [-0.3, -0.25) is 4.79 Å². The number of nitrogens with zero attached hydrogens (tertiary/aromatic N) is 1. The second kappa shape index (κ2) is 5.07. The number of hydrogen-bond acceptors (Lipinski definition) is 2. The van der Waals surface area contributed by atoms with Crippen LogP contribution in [0.15, 0.2) is 0 Å². The summed E-state index contributed by atoms with van der Waals surface area (Å²) in [5, 5.41) is 9.17. The second-order valence-electron chi connectivity index (χ2n) is 5.87. The summed E-state index contributed by atoms with van der Waals surface area (Å²) in [6.45, 7) is 5.92. The number of piperidine rings is 1. The van der Waals surface area contributed by atoms with Crippen molar-refractivity contribution in [2.45, 2.75) is 45.9 Å². The summed E-state index contributed by atoms with van der Waals surface area (Å²) in [4.78, 5) is 13.5. The second-order valence-corrected chi connectivity index (χ2v) is 5.87. The Labute approximate surface area is 105 Å². The van der Waals surface area contributed by atoms with Crippen LogP contribution in [0, 0.1) is 11.3 Å². The molecule has 1 aliphatic heterocycles. The number of rotatable bonds is 1. The highest BCUT2D eigenvalue weighted by Crippen LogP contribution is 2.32. The molecule has 1 aliphatic rings. The summed E-state index contributed by atoms with van der Waals surface area (Å²) in [6, 6.07) is 0. The maximum atomic E-state index is 12.3. The molecule has 1 rings (SSSR count). The highest BCUT2D eigenvalue weighted by Gasteiger charge is 2.44. The quantitative estimate of drug-likeness (QED) is 0.791. The molecular weight excluding hydrogens is 247 g/mol. The maximum Gasteiger partial charge on any atom is 0.414 e. The first-order chi connectivity index (χ1) is 8.03. The Morgan fingerprint density at radius 3 is 2.00 bits per heavy atom. The standard InChI is InChI=1S/C12H20F3NO2/c1-11(2,3)10(18)16-6-4-8(5-7-16)9(17)12(13,14)15/h8-9,17H,4-7H2,1-3H3. The van der Waals surface area contributed by atoms with Gasteiger partial charge in [-0.2, -0.15) is 13.2 Å². The van der Waals surface area contributed by atoms with Crippen LogP contribution in [0.25, 0.3) is 0 Å². The summed E-state index contributed by atoms with van der Waals surface area (Å²) in [5.41, 5.74) is -0.518. The van der Waals surface area contributed by atoms with Crippen LogP contribution in [0.1, 0.15) is 33.6 Å². The van der Waals surface area contributed by atoms with Gasteiger partial charge in [-0.15, -0.1) is 0 Å². The summed E-state index contributed by atoms with van der Waals surface area (Å²) in [6.07, 6.45) is -6.45. The predicted molar refractivity (Wildman–Crippen MR) is 60.8 cm³/mol. The maximum absolute atomic E-state index is 12.3. The van der Waals surface area contributed by atoms with Crippen LogP contribution in [0.5, 0.6) is 0 Å². The molecule has 1 saturated heterocycles. The third-order valence-electron chi connectivity index (χ3n) is 3.25. The number of carbonyl (C=O) groups excluding carboxylic acids is 1. The normalized spacial score (nSPS) is 20.9. The number of aliphatic hydroxyl groups excluding tert-OH is 1. The number of alkyl halides is 3. The number of hydrogen-bond donors (Lipinski definition) is 1. The molecule has 0 aromatic carbocycles. The molecule has 1 heterocycles. The molecule has 1 unspecified atom stereocenters. The van der Waals surface area contributed by atoms with Gasteiger partial charge < -0.3 is 10.0 Å². The molecular formula is C12H20F3NO2. The zero-order chi connectivity index (χ0) is 14.1. The van der Waals surface area contributed by atoms with Gasteiger partial charge in [0.05, 0.1) is 0 Å². The molecule has 0 bridgehead atoms. The molecule has 0 aliphatic carbocycles. The molecule has 6 heteroatoms. The number of aliphatic hydroxyl groups is 1. The van der Waals surface area contributed by atoms with E-state index in [1.54, 1.807) is 25.7 Å². The average molecular weight is 267 g/mol.